The SMILES string of the molecule is CN(CC(=O)NC1(c2ccccc2)CCC1)S(=O)(=O)c1ccc(F)cc1. The number of hydrogen-bond acceptors (Lipinski definition) is 3. The summed E-state index contributed by atoms with van der Waals surface area (Å²) in [4.78, 5) is 12.4. The van der Waals surface area contributed by atoms with Crippen molar-refractivity contribution in [3.05, 3.63) is 66.0 Å². The first-order valence-corrected chi connectivity index (χ1v) is 9.86. The minimum absolute atomic E-state index is 0.0457. The summed E-state index contributed by atoms with van der Waals surface area (Å²) in [5.41, 5.74) is 0.613. The van der Waals surface area contributed by atoms with Gasteiger partial charge < -0.3 is 5.32 Å². The van der Waals surface area contributed by atoms with E-state index in [4.69, 9.17) is 0 Å². The van der Waals surface area contributed by atoms with Gasteiger partial charge in [-0.1, -0.05) is 30.3 Å². The highest BCUT2D eigenvalue weighted by atomic mass is 32.2. The summed E-state index contributed by atoms with van der Waals surface area (Å²) in [7, 11) is -2.51. The number of hydrogen-bond donors (Lipinski definition) is 1. The van der Waals surface area contributed by atoms with Crippen LogP contribution in [-0.2, 0) is 20.4 Å². The van der Waals surface area contributed by atoms with E-state index in [-0.39, 0.29) is 17.3 Å². The van der Waals surface area contributed by atoms with Crippen molar-refractivity contribution in [1.29, 1.82) is 0 Å². The molecule has 0 aliphatic heterocycles. The minimum atomic E-state index is -3.85. The average Bonchev–Trinajstić information content (AvgIpc) is 2.59. The molecule has 0 spiro atoms. The predicted octanol–water partition coefficient (Wildman–Crippen LogP) is 2.64. The molecule has 0 heterocycles. The van der Waals surface area contributed by atoms with Gasteiger partial charge in [-0.3, -0.25) is 4.79 Å². The number of nitrogens with zero attached hydrogens (tertiary/aromatic N) is 1. The van der Waals surface area contributed by atoms with Crippen LogP contribution in [0.3, 0.4) is 0 Å². The van der Waals surface area contributed by atoms with Crippen molar-refractivity contribution in [2.24, 2.45) is 0 Å². The molecule has 7 heteroatoms. The molecular weight excluding hydrogens is 355 g/mol. The second-order valence-electron chi connectivity index (χ2n) is 6.56. The van der Waals surface area contributed by atoms with Gasteiger partial charge >= 0.3 is 0 Å². The van der Waals surface area contributed by atoms with Crippen LogP contribution >= 0.6 is 0 Å². The lowest BCUT2D eigenvalue weighted by molar-refractivity contribution is -0.124. The maximum absolute atomic E-state index is 13.0. The van der Waals surface area contributed by atoms with Gasteiger partial charge in [-0.2, -0.15) is 4.31 Å². The van der Waals surface area contributed by atoms with E-state index in [1.165, 1.54) is 19.2 Å². The van der Waals surface area contributed by atoms with E-state index >= 15 is 0 Å². The molecule has 2 aromatic carbocycles. The van der Waals surface area contributed by atoms with Crippen molar-refractivity contribution in [3.63, 3.8) is 0 Å². The first kappa shape index (κ1) is 18.5. The molecular formula is C19H21FN2O3S. The van der Waals surface area contributed by atoms with Gasteiger partial charge in [0.1, 0.15) is 5.82 Å². The largest absolute Gasteiger partial charge is 0.345 e. The summed E-state index contributed by atoms with van der Waals surface area (Å²) in [5.74, 6) is -0.874. The fourth-order valence-electron chi connectivity index (χ4n) is 3.15. The Balaban J connectivity index is 1.70. The van der Waals surface area contributed by atoms with Gasteiger partial charge in [0.15, 0.2) is 0 Å². The monoisotopic (exact) mass is 376 g/mol. The van der Waals surface area contributed by atoms with E-state index in [9.17, 15) is 17.6 Å². The third-order valence-corrected chi connectivity index (χ3v) is 6.62. The smallest absolute Gasteiger partial charge is 0.243 e. The lowest BCUT2D eigenvalue weighted by atomic mass is 9.72. The Bertz CT molecular complexity index is 879. The zero-order valence-corrected chi connectivity index (χ0v) is 15.3. The van der Waals surface area contributed by atoms with E-state index in [2.05, 4.69) is 5.32 Å². The second kappa shape index (κ2) is 7.17. The zero-order valence-electron chi connectivity index (χ0n) is 14.5. The molecule has 0 radical (unpaired) electrons. The molecule has 3 rings (SSSR count). The highest BCUT2D eigenvalue weighted by Crippen LogP contribution is 2.41. The molecule has 0 unspecified atom stereocenters. The number of likely N-dealkylation sites (N-methyl/N-ethyl adjacent to an activating group) is 1. The molecule has 138 valence electrons. The molecule has 0 saturated heterocycles. The Morgan fingerprint density at radius 3 is 2.27 bits per heavy atom. The fourth-order valence-corrected chi connectivity index (χ4v) is 4.28. The Morgan fingerprint density at radius 2 is 1.73 bits per heavy atom. The fraction of sp³-hybridized carbons (Fsp3) is 0.316. The van der Waals surface area contributed by atoms with Crippen molar-refractivity contribution >= 4 is 15.9 Å². The number of nitrogens with one attached hydrogen (secondary N) is 1. The van der Waals surface area contributed by atoms with Crippen LogP contribution in [0.4, 0.5) is 4.39 Å². The molecule has 2 aromatic rings. The first-order valence-electron chi connectivity index (χ1n) is 8.42. The standard InChI is InChI=1S/C19H21FN2O3S/c1-22(26(24,25)17-10-8-16(20)9-11-17)14-18(23)21-19(12-5-13-19)15-6-3-2-4-7-15/h2-4,6-11H,5,12-14H2,1H3,(H,21,23). The van der Waals surface area contributed by atoms with E-state index in [0.29, 0.717) is 0 Å². The molecule has 1 amide bonds. The number of carbonyl (C=O) groups is 1. The van der Waals surface area contributed by atoms with Gasteiger partial charge in [0.2, 0.25) is 15.9 Å². The van der Waals surface area contributed by atoms with Crippen molar-refractivity contribution in [2.45, 2.75) is 29.7 Å². The van der Waals surface area contributed by atoms with E-state index in [0.717, 1.165) is 41.3 Å². The highest BCUT2D eigenvalue weighted by Gasteiger charge is 2.40. The quantitative estimate of drug-likeness (QED) is 0.843. The predicted molar refractivity (Wildman–Crippen MR) is 96.3 cm³/mol. The summed E-state index contributed by atoms with van der Waals surface area (Å²) >= 11 is 0. The third-order valence-electron chi connectivity index (χ3n) is 4.80. The molecule has 1 saturated carbocycles. The molecule has 0 aromatic heterocycles. The maximum atomic E-state index is 13.0. The Morgan fingerprint density at radius 1 is 1.12 bits per heavy atom. The Kier molecular flexibility index (Phi) is 5.11. The zero-order chi connectivity index (χ0) is 18.8. The summed E-state index contributed by atoms with van der Waals surface area (Å²) < 4.78 is 39.0. The van der Waals surface area contributed by atoms with Crippen LogP contribution in [0.1, 0.15) is 24.8 Å². The van der Waals surface area contributed by atoms with Crippen molar-refractivity contribution in [1.82, 2.24) is 9.62 Å². The third kappa shape index (κ3) is 3.64. The second-order valence-corrected chi connectivity index (χ2v) is 8.61. The molecule has 1 aliphatic rings. The van der Waals surface area contributed by atoms with Crippen LogP contribution in [0.25, 0.3) is 0 Å². The lowest BCUT2D eigenvalue weighted by Gasteiger charge is -2.43. The molecule has 26 heavy (non-hydrogen) atoms. The lowest BCUT2D eigenvalue weighted by Crippen LogP contribution is -2.53. The molecule has 0 bridgehead atoms. The molecule has 1 aliphatic carbocycles. The van der Waals surface area contributed by atoms with E-state index in [1.807, 2.05) is 30.3 Å². The molecule has 0 atom stereocenters. The van der Waals surface area contributed by atoms with Crippen molar-refractivity contribution in [3.8, 4) is 0 Å². The topological polar surface area (TPSA) is 66.5 Å². The molecule has 1 fully saturated rings. The first-order chi connectivity index (χ1) is 12.3. The van der Waals surface area contributed by atoms with Gasteiger partial charge in [0.05, 0.1) is 17.0 Å². The number of benzene rings is 2. The summed E-state index contributed by atoms with van der Waals surface area (Å²) in [6.07, 6.45) is 2.67. The van der Waals surface area contributed by atoms with Crippen LogP contribution in [0.2, 0.25) is 0 Å². The van der Waals surface area contributed by atoms with Gasteiger partial charge in [0, 0.05) is 7.05 Å². The van der Waals surface area contributed by atoms with Gasteiger partial charge in [-0.05, 0) is 49.1 Å². The Hall–Kier alpha value is -2.25. The summed E-state index contributed by atoms with van der Waals surface area (Å²) in [6.45, 7) is -0.297. The van der Waals surface area contributed by atoms with Gasteiger partial charge in [-0.15, -0.1) is 0 Å². The summed E-state index contributed by atoms with van der Waals surface area (Å²) in [5, 5.41) is 3.00. The van der Waals surface area contributed by atoms with E-state index < -0.39 is 21.4 Å². The molecule has 5 nitrogen and oxygen atoms in total. The van der Waals surface area contributed by atoms with Crippen LogP contribution in [0, 0.1) is 5.82 Å². The maximum Gasteiger partial charge on any atom is 0.243 e. The van der Waals surface area contributed by atoms with Gasteiger partial charge in [-0.25, -0.2) is 12.8 Å². The highest BCUT2D eigenvalue weighted by molar-refractivity contribution is 7.89. The molecule has 1 N–H and O–H groups in total. The minimum Gasteiger partial charge on any atom is -0.345 e. The number of amides is 1. The van der Waals surface area contributed by atoms with Crippen molar-refractivity contribution < 1.29 is 17.6 Å². The van der Waals surface area contributed by atoms with Crippen molar-refractivity contribution in [2.75, 3.05) is 13.6 Å². The number of rotatable bonds is 6. The number of halogens is 1. The van der Waals surface area contributed by atoms with Crippen LogP contribution in [-0.4, -0.2) is 32.2 Å². The normalized spacial score (nSPS) is 16.1. The summed E-state index contributed by atoms with van der Waals surface area (Å²) in [6, 6.07) is 14.3. The number of carbonyl (C=O) groups excluding carboxylic acids is 1. The van der Waals surface area contributed by atoms with Crippen LogP contribution < -0.4 is 5.32 Å². The van der Waals surface area contributed by atoms with E-state index in [1.54, 1.807) is 0 Å². The Labute approximate surface area is 152 Å². The van der Waals surface area contributed by atoms with Crippen LogP contribution in [0.5, 0.6) is 0 Å². The van der Waals surface area contributed by atoms with Gasteiger partial charge in [0.25, 0.3) is 0 Å². The van der Waals surface area contributed by atoms with Crippen LogP contribution in [0.15, 0.2) is 59.5 Å². The number of sulfonamides is 1. The average molecular weight is 376 g/mol.